The molecule has 1 aromatic carbocycles. The molecule has 1 N–H and O–H groups in total. The maximum absolute atomic E-state index is 6.03. The van der Waals surface area contributed by atoms with Gasteiger partial charge >= 0.3 is 0 Å². The number of nitrogens with one attached hydrogen (secondary N) is 1. The summed E-state index contributed by atoms with van der Waals surface area (Å²) in [5, 5.41) is 4.42. The summed E-state index contributed by atoms with van der Waals surface area (Å²) < 4.78 is 5.57. The number of benzene rings is 1. The van der Waals surface area contributed by atoms with E-state index >= 15 is 0 Å². The van der Waals surface area contributed by atoms with E-state index < -0.39 is 0 Å². The van der Waals surface area contributed by atoms with Crippen molar-refractivity contribution in [3.05, 3.63) is 46.3 Å². The van der Waals surface area contributed by atoms with Crippen LogP contribution in [-0.4, -0.2) is 16.0 Å². The molecule has 1 aromatic heterocycles. The molecule has 104 valence electrons. The summed E-state index contributed by atoms with van der Waals surface area (Å²) >= 11 is 11.9. The number of hydrogen-bond donors (Lipinski definition) is 1. The molecule has 1 aliphatic rings. The Morgan fingerprint density at radius 1 is 1.20 bits per heavy atom. The Kier molecular flexibility index (Phi) is 4.05. The van der Waals surface area contributed by atoms with E-state index in [1.165, 1.54) is 12.8 Å². The van der Waals surface area contributed by atoms with Gasteiger partial charge in [-0.3, -0.25) is 4.98 Å². The van der Waals surface area contributed by atoms with Crippen LogP contribution < -0.4 is 10.1 Å². The van der Waals surface area contributed by atoms with E-state index in [1.54, 1.807) is 30.6 Å². The largest absolute Gasteiger partial charge is 0.436 e. The highest BCUT2D eigenvalue weighted by Gasteiger charge is 2.20. The van der Waals surface area contributed by atoms with E-state index in [-0.39, 0.29) is 0 Å². The van der Waals surface area contributed by atoms with Crippen molar-refractivity contribution < 1.29 is 4.74 Å². The smallest absolute Gasteiger partial charge is 0.237 e. The lowest BCUT2D eigenvalue weighted by Crippen LogP contribution is -2.16. The summed E-state index contributed by atoms with van der Waals surface area (Å²) in [6, 6.07) is 5.68. The minimum atomic E-state index is 0.393. The van der Waals surface area contributed by atoms with Crippen LogP contribution in [-0.2, 0) is 6.54 Å². The van der Waals surface area contributed by atoms with E-state index in [2.05, 4.69) is 15.3 Å². The normalized spacial score (nSPS) is 14.3. The number of nitrogens with zero attached hydrogens (tertiary/aromatic N) is 2. The zero-order valence-corrected chi connectivity index (χ0v) is 12.2. The molecule has 0 aliphatic heterocycles. The second-order valence-corrected chi connectivity index (χ2v) is 5.52. The molecule has 1 aliphatic carbocycles. The van der Waals surface area contributed by atoms with E-state index in [0.29, 0.717) is 27.7 Å². The second kappa shape index (κ2) is 5.95. The molecular formula is C14H13Cl2N3O. The van der Waals surface area contributed by atoms with Crippen molar-refractivity contribution in [1.82, 2.24) is 15.3 Å². The maximum atomic E-state index is 6.03. The Balaban J connectivity index is 1.66. The van der Waals surface area contributed by atoms with E-state index in [4.69, 9.17) is 27.9 Å². The lowest BCUT2D eigenvalue weighted by Gasteiger charge is -2.07. The minimum absolute atomic E-state index is 0.393. The van der Waals surface area contributed by atoms with Crippen molar-refractivity contribution in [3.8, 4) is 11.6 Å². The Morgan fingerprint density at radius 3 is 2.75 bits per heavy atom. The molecule has 0 amide bonds. The Morgan fingerprint density at radius 2 is 2.05 bits per heavy atom. The summed E-state index contributed by atoms with van der Waals surface area (Å²) in [5.74, 6) is 0.863. The highest BCUT2D eigenvalue weighted by Crippen LogP contribution is 2.30. The Labute approximate surface area is 127 Å². The van der Waals surface area contributed by atoms with Gasteiger partial charge < -0.3 is 10.1 Å². The van der Waals surface area contributed by atoms with Crippen LogP contribution in [0.15, 0.2) is 30.6 Å². The van der Waals surface area contributed by atoms with Gasteiger partial charge in [0.05, 0.1) is 23.1 Å². The molecule has 4 nitrogen and oxygen atoms in total. The van der Waals surface area contributed by atoms with Crippen LogP contribution in [0.3, 0.4) is 0 Å². The Hall–Kier alpha value is -1.36. The molecule has 0 atom stereocenters. The molecule has 6 heteroatoms. The first-order valence-electron chi connectivity index (χ1n) is 6.38. The van der Waals surface area contributed by atoms with Crippen molar-refractivity contribution in [2.24, 2.45) is 0 Å². The van der Waals surface area contributed by atoms with Crippen LogP contribution in [0.25, 0.3) is 0 Å². The molecule has 1 fully saturated rings. The molecule has 0 unspecified atom stereocenters. The zero-order chi connectivity index (χ0) is 13.9. The third-order valence-corrected chi connectivity index (χ3v) is 3.49. The highest BCUT2D eigenvalue weighted by atomic mass is 35.5. The van der Waals surface area contributed by atoms with Crippen LogP contribution in [0.1, 0.15) is 18.5 Å². The van der Waals surface area contributed by atoms with Crippen molar-refractivity contribution >= 4 is 23.2 Å². The fourth-order valence-electron chi connectivity index (χ4n) is 1.69. The van der Waals surface area contributed by atoms with Gasteiger partial charge in [0.15, 0.2) is 0 Å². The lowest BCUT2D eigenvalue weighted by molar-refractivity contribution is 0.459. The van der Waals surface area contributed by atoms with Gasteiger partial charge in [-0.25, -0.2) is 4.98 Å². The molecule has 20 heavy (non-hydrogen) atoms. The van der Waals surface area contributed by atoms with Gasteiger partial charge in [-0.2, -0.15) is 0 Å². The molecule has 1 heterocycles. The average molecular weight is 310 g/mol. The lowest BCUT2D eigenvalue weighted by atomic mass is 10.3. The van der Waals surface area contributed by atoms with Gasteiger partial charge in [0.1, 0.15) is 5.75 Å². The standard InChI is InChI=1S/C14H13Cl2N3O/c15-9-1-4-12(16)13(5-9)20-14-8-18-11(7-19-14)6-17-10-2-3-10/h1,4-5,7-8,10,17H,2-3,6H2. The first-order valence-corrected chi connectivity index (χ1v) is 7.13. The highest BCUT2D eigenvalue weighted by molar-refractivity contribution is 6.34. The first-order chi connectivity index (χ1) is 9.70. The molecule has 0 radical (unpaired) electrons. The fraction of sp³-hybridized carbons (Fsp3) is 0.286. The van der Waals surface area contributed by atoms with Crippen molar-refractivity contribution in [3.63, 3.8) is 0 Å². The summed E-state index contributed by atoms with van der Waals surface area (Å²) in [6.45, 7) is 0.732. The van der Waals surface area contributed by atoms with Crippen LogP contribution in [0.5, 0.6) is 11.6 Å². The van der Waals surface area contributed by atoms with E-state index in [9.17, 15) is 0 Å². The van der Waals surface area contributed by atoms with Crippen LogP contribution >= 0.6 is 23.2 Å². The maximum Gasteiger partial charge on any atom is 0.237 e. The van der Waals surface area contributed by atoms with Gasteiger partial charge in [0.25, 0.3) is 0 Å². The molecular weight excluding hydrogens is 297 g/mol. The first kappa shape index (κ1) is 13.6. The fourth-order valence-corrected chi connectivity index (χ4v) is 2.01. The molecule has 3 rings (SSSR count). The van der Waals surface area contributed by atoms with Gasteiger partial charge in [-0.1, -0.05) is 23.2 Å². The molecule has 0 saturated heterocycles. The molecule has 1 saturated carbocycles. The summed E-state index contributed by atoms with van der Waals surface area (Å²) in [5.41, 5.74) is 0.890. The van der Waals surface area contributed by atoms with E-state index in [1.807, 2.05) is 0 Å². The molecule has 0 bridgehead atoms. The van der Waals surface area contributed by atoms with Crippen molar-refractivity contribution in [2.75, 3.05) is 0 Å². The predicted octanol–water partition coefficient (Wildman–Crippen LogP) is 3.83. The van der Waals surface area contributed by atoms with Gasteiger partial charge in [-0.15, -0.1) is 0 Å². The number of hydrogen-bond acceptors (Lipinski definition) is 4. The van der Waals surface area contributed by atoms with Crippen LogP contribution in [0, 0.1) is 0 Å². The predicted molar refractivity (Wildman–Crippen MR) is 78.4 cm³/mol. The topological polar surface area (TPSA) is 47.0 Å². The third kappa shape index (κ3) is 3.60. The van der Waals surface area contributed by atoms with Crippen LogP contribution in [0.4, 0.5) is 0 Å². The third-order valence-electron chi connectivity index (χ3n) is 2.94. The Bertz CT molecular complexity index is 600. The number of ether oxygens (including phenoxy) is 1. The van der Waals surface area contributed by atoms with Crippen molar-refractivity contribution in [1.29, 1.82) is 0 Å². The van der Waals surface area contributed by atoms with Crippen LogP contribution in [0.2, 0.25) is 10.0 Å². The van der Waals surface area contributed by atoms with Gasteiger partial charge in [0, 0.05) is 23.7 Å². The minimum Gasteiger partial charge on any atom is -0.436 e. The quantitative estimate of drug-likeness (QED) is 0.912. The monoisotopic (exact) mass is 309 g/mol. The number of halogens is 2. The van der Waals surface area contributed by atoms with E-state index in [0.717, 1.165) is 12.2 Å². The van der Waals surface area contributed by atoms with Crippen molar-refractivity contribution in [2.45, 2.75) is 25.4 Å². The summed E-state index contributed by atoms with van der Waals surface area (Å²) in [7, 11) is 0. The molecule has 0 spiro atoms. The van der Waals surface area contributed by atoms with Gasteiger partial charge in [-0.05, 0) is 25.0 Å². The number of aromatic nitrogens is 2. The molecule has 2 aromatic rings. The average Bonchev–Trinajstić information content (AvgIpc) is 3.26. The zero-order valence-electron chi connectivity index (χ0n) is 10.6. The number of rotatable bonds is 5. The van der Waals surface area contributed by atoms with Gasteiger partial charge in [0.2, 0.25) is 5.88 Å². The summed E-state index contributed by atoms with van der Waals surface area (Å²) in [6.07, 6.45) is 5.79. The SMILES string of the molecule is Clc1ccc(Cl)c(Oc2cnc(CNC3CC3)cn2)c1. The summed E-state index contributed by atoms with van der Waals surface area (Å²) in [4.78, 5) is 8.52. The second-order valence-electron chi connectivity index (χ2n) is 4.68.